The molecule has 0 aliphatic carbocycles. The maximum Gasteiger partial charge on any atom is 0.0641 e. The van der Waals surface area contributed by atoms with Gasteiger partial charge in [-0.05, 0) is 40.7 Å². The molecule has 0 saturated carbocycles. The van der Waals surface area contributed by atoms with Crippen molar-refractivity contribution in [2.45, 2.75) is 53.3 Å². The first-order chi connectivity index (χ1) is 7.56. The number of aryl methyl sites for hydroxylation is 2. The van der Waals surface area contributed by atoms with Gasteiger partial charge >= 0.3 is 0 Å². The van der Waals surface area contributed by atoms with Crippen LogP contribution in [0.15, 0.2) is 0 Å². The molecule has 1 rings (SSSR count). The Morgan fingerprint density at radius 3 is 2.62 bits per heavy atom. The van der Waals surface area contributed by atoms with Crippen molar-refractivity contribution in [3.63, 3.8) is 0 Å². The van der Waals surface area contributed by atoms with E-state index in [0.717, 1.165) is 31.7 Å². The first-order valence-corrected chi connectivity index (χ1v) is 5.98. The van der Waals surface area contributed by atoms with Crippen molar-refractivity contribution in [3.05, 3.63) is 17.0 Å². The van der Waals surface area contributed by atoms with Gasteiger partial charge in [0, 0.05) is 24.3 Å². The van der Waals surface area contributed by atoms with Crippen molar-refractivity contribution in [1.29, 1.82) is 0 Å². The quantitative estimate of drug-likeness (QED) is 0.719. The van der Waals surface area contributed by atoms with Crippen LogP contribution >= 0.6 is 0 Å². The molecule has 0 aliphatic rings. The first kappa shape index (κ1) is 13.2. The monoisotopic (exact) mass is 225 g/mol. The van der Waals surface area contributed by atoms with Crippen LogP contribution in [0, 0.1) is 13.8 Å². The zero-order chi connectivity index (χ0) is 12.1. The van der Waals surface area contributed by atoms with Crippen LogP contribution in [0.25, 0.3) is 0 Å². The minimum Gasteiger partial charge on any atom is -0.393 e. The molecule has 1 heterocycles. The van der Waals surface area contributed by atoms with E-state index in [-0.39, 0.29) is 6.10 Å². The van der Waals surface area contributed by atoms with Gasteiger partial charge in [-0.15, -0.1) is 0 Å². The molecule has 4 heteroatoms. The summed E-state index contributed by atoms with van der Waals surface area (Å²) in [5.41, 5.74) is 3.63. The smallest absolute Gasteiger partial charge is 0.0641 e. The summed E-state index contributed by atoms with van der Waals surface area (Å²) >= 11 is 0. The van der Waals surface area contributed by atoms with Crippen LogP contribution in [0.3, 0.4) is 0 Å². The number of nitrogens with one attached hydrogen (secondary N) is 1. The Kier molecular flexibility index (Phi) is 4.96. The van der Waals surface area contributed by atoms with Gasteiger partial charge in [-0.2, -0.15) is 5.10 Å². The summed E-state index contributed by atoms with van der Waals surface area (Å²) in [7, 11) is 0. The van der Waals surface area contributed by atoms with E-state index < -0.39 is 0 Å². The highest BCUT2D eigenvalue weighted by atomic mass is 16.3. The summed E-state index contributed by atoms with van der Waals surface area (Å²) < 4.78 is 2.03. The zero-order valence-corrected chi connectivity index (χ0v) is 10.7. The van der Waals surface area contributed by atoms with Crippen molar-refractivity contribution in [2.24, 2.45) is 0 Å². The van der Waals surface area contributed by atoms with Crippen LogP contribution in [-0.2, 0) is 13.1 Å². The average Bonchev–Trinajstić information content (AvgIpc) is 2.50. The normalized spacial score (nSPS) is 13.1. The van der Waals surface area contributed by atoms with Crippen molar-refractivity contribution < 1.29 is 5.11 Å². The molecule has 0 amide bonds. The van der Waals surface area contributed by atoms with Gasteiger partial charge in [0.2, 0.25) is 0 Å². The van der Waals surface area contributed by atoms with E-state index in [1.807, 2.05) is 18.5 Å². The number of rotatable bonds is 6. The third-order valence-electron chi connectivity index (χ3n) is 2.87. The van der Waals surface area contributed by atoms with Crippen molar-refractivity contribution in [1.82, 2.24) is 15.1 Å². The number of aromatic nitrogens is 2. The maximum absolute atomic E-state index is 9.14. The Bertz CT molecular complexity index is 331. The van der Waals surface area contributed by atoms with Gasteiger partial charge in [0.1, 0.15) is 0 Å². The SMILES string of the molecule is CCn1nc(C)c(CNCCC(C)O)c1C. The Morgan fingerprint density at radius 1 is 1.44 bits per heavy atom. The van der Waals surface area contributed by atoms with E-state index in [0.29, 0.717) is 0 Å². The predicted octanol–water partition coefficient (Wildman–Crippen LogP) is 1.38. The van der Waals surface area contributed by atoms with Crippen molar-refractivity contribution in [2.75, 3.05) is 6.54 Å². The molecule has 1 atom stereocenters. The number of hydrogen-bond donors (Lipinski definition) is 2. The van der Waals surface area contributed by atoms with Crippen LogP contribution in [0.2, 0.25) is 0 Å². The summed E-state index contributed by atoms with van der Waals surface area (Å²) in [5, 5.41) is 17.0. The highest BCUT2D eigenvalue weighted by Crippen LogP contribution is 2.12. The molecule has 4 nitrogen and oxygen atoms in total. The van der Waals surface area contributed by atoms with Crippen LogP contribution in [0.1, 0.15) is 37.2 Å². The van der Waals surface area contributed by atoms with Gasteiger partial charge in [-0.25, -0.2) is 0 Å². The lowest BCUT2D eigenvalue weighted by molar-refractivity contribution is 0.183. The zero-order valence-electron chi connectivity index (χ0n) is 10.7. The Balaban J connectivity index is 2.50. The van der Waals surface area contributed by atoms with Crippen LogP contribution < -0.4 is 5.32 Å². The fraction of sp³-hybridized carbons (Fsp3) is 0.750. The van der Waals surface area contributed by atoms with Crippen LogP contribution in [0.4, 0.5) is 0 Å². The molecule has 92 valence electrons. The number of aliphatic hydroxyl groups excluding tert-OH is 1. The lowest BCUT2D eigenvalue weighted by atomic mass is 10.2. The van der Waals surface area contributed by atoms with E-state index in [1.54, 1.807) is 0 Å². The molecule has 2 N–H and O–H groups in total. The van der Waals surface area contributed by atoms with Gasteiger partial charge in [0.05, 0.1) is 11.8 Å². The number of aliphatic hydroxyl groups is 1. The number of nitrogens with zero attached hydrogens (tertiary/aromatic N) is 2. The van der Waals surface area contributed by atoms with Gasteiger partial charge in [0.25, 0.3) is 0 Å². The molecule has 0 radical (unpaired) electrons. The molecule has 0 saturated heterocycles. The van der Waals surface area contributed by atoms with Gasteiger partial charge in [-0.1, -0.05) is 0 Å². The minimum atomic E-state index is -0.229. The topological polar surface area (TPSA) is 50.1 Å². The average molecular weight is 225 g/mol. The molecule has 16 heavy (non-hydrogen) atoms. The van der Waals surface area contributed by atoms with Gasteiger partial charge in [-0.3, -0.25) is 4.68 Å². The third-order valence-corrected chi connectivity index (χ3v) is 2.87. The van der Waals surface area contributed by atoms with Crippen molar-refractivity contribution >= 4 is 0 Å². The Hall–Kier alpha value is -0.870. The Labute approximate surface area is 97.7 Å². The van der Waals surface area contributed by atoms with Crippen LogP contribution in [0.5, 0.6) is 0 Å². The highest BCUT2D eigenvalue weighted by Gasteiger charge is 2.09. The molecule has 1 unspecified atom stereocenters. The lowest BCUT2D eigenvalue weighted by Gasteiger charge is -2.07. The molecular weight excluding hydrogens is 202 g/mol. The first-order valence-electron chi connectivity index (χ1n) is 5.98. The highest BCUT2D eigenvalue weighted by molar-refractivity contribution is 5.24. The summed E-state index contributed by atoms with van der Waals surface area (Å²) in [6.45, 7) is 10.7. The fourth-order valence-corrected chi connectivity index (χ4v) is 1.82. The molecular formula is C12H23N3O. The largest absolute Gasteiger partial charge is 0.393 e. The molecule has 0 fully saturated rings. The molecule has 0 aromatic carbocycles. The maximum atomic E-state index is 9.14. The standard InChI is InChI=1S/C12H23N3O/c1-5-15-11(4)12(10(3)14-15)8-13-7-6-9(2)16/h9,13,16H,5-8H2,1-4H3. The molecule has 1 aromatic heterocycles. The van der Waals surface area contributed by atoms with E-state index in [1.165, 1.54) is 11.3 Å². The molecule has 0 aliphatic heterocycles. The lowest BCUT2D eigenvalue weighted by Crippen LogP contribution is -2.19. The van der Waals surface area contributed by atoms with E-state index in [9.17, 15) is 0 Å². The summed E-state index contributed by atoms with van der Waals surface area (Å²) in [6, 6.07) is 0. The molecule has 1 aromatic rings. The summed E-state index contributed by atoms with van der Waals surface area (Å²) in [6.07, 6.45) is 0.563. The fourth-order valence-electron chi connectivity index (χ4n) is 1.82. The third kappa shape index (κ3) is 3.32. The van der Waals surface area contributed by atoms with Gasteiger partial charge in [0.15, 0.2) is 0 Å². The number of hydrogen-bond acceptors (Lipinski definition) is 3. The van der Waals surface area contributed by atoms with Crippen LogP contribution in [-0.4, -0.2) is 27.5 Å². The minimum absolute atomic E-state index is 0.229. The second kappa shape index (κ2) is 6.01. The van der Waals surface area contributed by atoms with E-state index in [2.05, 4.69) is 24.3 Å². The van der Waals surface area contributed by atoms with E-state index >= 15 is 0 Å². The second-order valence-corrected chi connectivity index (χ2v) is 4.28. The Morgan fingerprint density at radius 2 is 2.12 bits per heavy atom. The second-order valence-electron chi connectivity index (χ2n) is 4.28. The molecule has 0 spiro atoms. The summed E-state index contributed by atoms with van der Waals surface area (Å²) in [4.78, 5) is 0. The predicted molar refractivity (Wildman–Crippen MR) is 65.4 cm³/mol. The summed E-state index contributed by atoms with van der Waals surface area (Å²) in [5.74, 6) is 0. The van der Waals surface area contributed by atoms with E-state index in [4.69, 9.17) is 5.11 Å². The van der Waals surface area contributed by atoms with Gasteiger partial charge < -0.3 is 10.4 Å². The molecule has 0 bridgehead atoms. The van der Waals surface area contributed by atoms with Crippen molar-refractivity contribution in [3.8, 4) is 0 Å².